The van der Waals surface area contributed by atoms with E-state index in [1.165, 1.54) is 0 Å². The second-order valence-corrected chi connectivity index (χ2v) is 6.39. The number of hydrogen-bond acceptors (Lipinski definition) is 4. The topological polar surface area (TPSA) is 102 Å². The van der Waals surface area contributed by atoms with E-state index in [9.17, 15) is 9.59 Å². The highest BCUT2D eigenvalue weighted by Gasteiger charge is 2.28. The molecule has 1 heterocycles. The maximum Gasteiger partial charge on any atom is 0.251 e. The van der Waals surface area contributed by atoms with Gasteiger partial charge in [-0.3, -0.25) is 9.59 Å². The lowest BCUT2D eigenvalue weighted by Gasteiger charge is -2.12. The van der Waals surface area contributed by atoms with Gasteiger partial charge in [0.15, 0.2) is 0 Å². The fourth-order valence-corrected chi connectivity index (χ4v) is 2.61. The SMILES string of the molecule is NC(CNC(=O)c1cccc(NC(=O)CCn2ccnc2)c1)C1CC1. The van der Waals surface area contributed by atoms with Gasteiger partial charge in [0, 0.05) is 49.2 Å². The van der Waals surface area contributed by atoms with Gasteiger partial charge in [0.1, 0.15) is 0 Å². The van der Waals surface area contributed by atoms with Gasteiger partial charge >= 0.3 is 0 Å². The highest BCUT2D eigenvalue weighted by atomic mass is 16.2. The van der Waals surface area contributed by atoms with Crippen molar-refractivity contribution in [3.63, 3.8) is 0 Å². The van der Waals surface area contributed by atoms with E-state index in [2.05, 4.69) is 15.6 Å². The Morgan fingerprint density at radius 2 is 2.20 bits per heavy atom. The predicted octanol–water partition coefficient (Wildman–Crippen LogP) is 1.38. The number of nitrogens with two attached hydrogens (primary N) is 1. The normalized spacial score (nSPS) is 14.8. The average Bonchev–Trinajstić information content (AvgIpc) is 3.34. The predicted molar refractivity (Wildman–Crippen MR) is 94.9 cm³/mol. The Morgan fingerprint density at radius 3 is 2.92 bits per heavy atom. The minimum atomic E-state index is -0.175. The van der Waals surface area contributed by atoms with Gasteiger partial charge in [-0.1, -0.05) is 6.07 Å². The van der Waals surface area contributed by atoms with Crippen LogP contribution in [0.3, 0.4) is 0 Å². The highest BCUT2D eigenvalue weighted by molar-refractivity contribution is 5.97. The first-order valence-corrected chi connectivity index (χ1v) is 8.51. The van der Waals surface area contributed by atoms with Gasteiger partial charge in [0.2, 0.25) is 5.91 Å². The molecule has 7 heteroatoms. The number of nitrogens with zero attached hydrogens (tertiary/aromatic N) is 2. The number of amides is 2. The number of rotatable bonds is 8. The van der Waals surface area contributed by atoms with Gasteiger partial charge in [-0.05, 0) is 37.0 Å². The van der Waals surface area contributed by atoms with Gasteiger partial charge in [0.25, 0.3) is 5.91 Å². The molecule has 1 aliphatic carbocycles. The molecule has 1 unspecified atom stereocenters. The molecule has 0 saturated heterocycles. The maximum absolute atomic E-state index is 12.2. The van der Waals surface area contributed by atoms with E-state index in [0.29, 0.717) is 36.7 Å². The van der Waals surface area contributed by atoms with Crippen molar-refractivity contribution in [2.75, 3.05) is 11.9 Å². The molecule has 1 aliphatic rings. The van der Waals surface area contributed by atoms with Gasteiger partial charge in [-0.25, -0.2) is 4.98 Å². The maximum atomic E-state index is 12.2. The van der Waals surface area contributed by atoms with Crippen molar-refractivity contribution in [3.05, 3.63) is 48.5 Å². The third-order valence-corrected chi connectivity index (χ3v) is 4.29. The first-order valence-electron chi connectivity index (χ1n) is 8.51. The third-order valence-electron chi connectivity index (χ3n) is 4.29. The van der Waals surface area contributed by atoms with Crippen molar-refractivity contribution in [2.24, 2.45) is 11.7 Å². The molecule has 1 aromatic carbocycles. The molecule has 2 aromatic rings. The number of aromatic nitrogens is 2. The lowest BCUT2D eigenvalue weighted by Crippen LogP contribution is -2.38. The molecule has 25 heavy (non-hydrogen) atoms. The zero-order valence-electron chi connectivity index (χ0n) is 14.0. The Bertz CT molecular complexity index is 725. The Kier molecular flexibility index (Phi) is 5.45. The largest absolute Gasteiger partial charge is 0.350 e. The van der Waals surface area contributed by atoms with E-state index in [1.807, 2.05) is 10.8 Å². The van der Waals surface area contributed by atoms with Crippen molar-refractivity contribution in [3.8, 4) is 0 Å². The summed E-state index contributed by atoms with van der Waals surface area (Å²) in [6.07, 6.45) is 7.79. The van der Waals surface area contributed by atoms with Crippen LogP contribution in [0.1, 0.15) is 29.6 Å². The molecule has 0 spiro atoms. The van der Waals surface area contributed by atoms with Crippen LogP contribution in [0.4, 0.5) is 5.69 Å². The Morgan fingerprint density at radius 1 is 1.36 bits per heavy atom. The lowest BCUT2D eigenvalue weighted by molar-refractivity contribution is -0.116. The lowest BCUT2D eigenvalue weighted by atomic mass is 10.1. The molecule has 3 rings (SSSR count). The summed E-state index contributed by atoms with van der Waals surface area (Å²) in [6, 6.07) is 6.94. The summed E-state index contributed by atoms with van der Waals surface area (Å²) in [7, 11) is 0. The molecule has 7 nitrogen and oxygen atoms in total. The standard InChI is InChI=1S/C18H23N5O2/c19-16(13-4-5-13)11-21-18(25)14-2-1-3-15(10-14)22-17(24)6-8-23-9-7-20-12-23/h1-3,7,9-10,12-13,16H,4-6,8,11,19H2,(H,21,25)(H,22,24). The number of hydrogen-bond donors (Lipinski definition) is 3. The average molecular weight is 341 g/mol. The summed E-state index contributed by atoms with van der Waals surface area (Å²) in [5.74, 6) is 0.258. The van der Waals surface area contributed by atoms with Crippen molar-refractivity contribution >= 4 is 17.5 Å². The second kappa shape index (κ2) is 7.94. The van der Waals surface area contributed by atoms with Crippen LogP contribution in [0.5, 0.6) is 0 Å². The molecular formula is C18H23N5O2. The van der Waals surface area contributed by atoms with Crippen molar-refractivity contribution < 1.29 is 9.59 Å². The quantitative estimate of drug-likeness (QED) is 0.675. The first kappa shape index (κ1) is 17.2. The van der Waals surface area contributed by atoms with Gasteiger partial charge in [-0.2, -0.15) is 0 Å². The number of nitrogens with one attached hydrogen (secondary N) is 2. The van der Waals surface area contributed by atoms with Crippen molar-refractivity contribution in [2.45, 2.75) is 31.8 Å². The molecule has 2 amide bonds. The molecular weight excluding hydrogens is 318 g/mol. The van der Waals surface area contributed by atoms with E-state index in [-0.39, 0.29) is 17.9 Å². The molecule has 1 saturated carbocycles. The van der Waals surface area contributed by atoms with Crippen LogP contribution < -0.4 is 16.4 Å². The van der Waals surface area contributed by atoms with Crippen molar-refractivity contribution in [1.29, 1.82) is 0 Å². The first-order chi connectivity index (χ1) is 12.1. The van der Waals surface area contributed by atoms with Crippen LogP contribution in [0.15, 0.2) is 43.0 Å². The summed E-state index contributed by atoms with van der Waals surface area (Å²) in [5, 5.41) is 5.67. The number of benzene rings is 1. The third kappa shape index (κ3) is 5.15. The number of aryl methyl sites for hydroxylation is 1. The van der Waals surface area contributed by atoms with E-state index in [4.69, 9.17) is 5.73 Å². The van der Waals surface area contributed by atoms with Gasteiger partial charge < -0.3 is 20.9 Å². The summed E-state index contributed by atoms with van der Waals surface area (Å²) in [5.41, 5.74) is 7.11. The highest BCUT2D eigenvalue weighted by Crippen LogP contribution is 2.31. The summed E-state index contributed by atoms with van der Waals surface area (Å²) in [4.78, 5) is 28.2. The number of imidazole rings is 1. The van der Waals surface area contributed by atoms with Crippen LogP contribution in [0.25, 0.3) is 0 Å². The van der Waals surface area contributed by atoms with E-state index < -0.39 is 0 Å². The molecule has 0 radical (unpaired) electrons. The molecule has 4 N–H and O–H groups in total. The molecule has 1 aromatic heterocycles. The Balaban J connectivity index is 1.49. The molecule has 0 bridgehead atoms. The van der Waals surface area contributed by atoms with Crippen LogP contribution in [-0.2, 0) is 11.3 Å². The van der Waals surface area contributed by atoms with Crippen LogP contribution in [0.2, 0.25) is 0 Å². The zero-order valence-corrected chi connectivity index (χ0v) is 14.0. The summed E-state index contributed by atoms with van der Waals surface area (Å²) in [6.45, 7) is 1.04. The number of carbonyl (C=O) groups is 2. The summed E-state index contributed by atoms with van der Waals surface area (Å²) >= 11 is 0. The second-order valence-electron chi connectivity index (χ2n) is 6.39. The van der Waals surface area contributed by atoms with Gasteiger partial charge in [-0.15, -0.1) is 0 Å². The molecule has 132 valence electrons. The van der Waals surface area contributed by atoms with Crippen LogP contribution >= 0.6 is 0 Å². The smallest absolute Gasteiger partial charge is 0.251 e. The zero-order chi connectivity index (χ0) is 17.6. The molecule has 0 aliphatic heterocycles. The fourth-order valence-electron chi connectivity index (χ4n) is 2.61. The Labute approximate surface area is 146 Å². The number of carbonyl (C=O) groups excluding carboxylic acids is 2. The van der Waals surface area contributed by atoms with E-state index in [0.717, 1.165) is 12.8 Å². The van der Waals surface area contributed by atoms with Crippen LogP contribution in [0, 0.1) is 5.92 Å². The minimum absolute atomic E-state index is 0.0232. The van der Waals surface area contributed by atoms with Crippen molar-refractivity contribution in [1.82, 2.24) is 14.9 Å². The fraction of sp³-hybridized carbons (Fsp3) is 0.389. The number of anilines is 1. The summed E-state index contributed by atoms with van der Waals surface area (Å²) < 4.78 is 1.84. The van der Waals surface area contributed by atoms with E-state index in [1.54, 1.807) is 36.8 Å². The molecule has 1 atom stereocenters. The Hall–Kier alpha value is -2.67. The van der Waals surface area contributed by atoms with E-state index >= 15 is 0 Å². The van der Waals surface area contributed by atoms with Gasteiger partial charge in [0.05, 0.1) is 6.33 Å². The molecule has 1 fully saturated rings. The minimum Gasteiger partial charge on any atom is -0.350 e. The van der Waals surface area contributed by atoms with Crippen LogP contribution in [-0.4, -0.2) is 34.0 Å². The monoisotopic (exact) mass is 341 g/mol.